The van der Waals surface area contributed by atoms with E-state index in [0.717, 1.165) is 23.2 Å². The summed E-state index contributed by atoms with van der Waals surface area (Å²) in [6, 6.07) is 14.8. The van der Waals surface area contributed by atoms with Gasteiger partial charge >= 0.3 is 0 Å². The van der Waals surface area contributed by atoms with Crippen molar-refractivity contribution in [1.82, 2.24) is 0 Å². The summed E-state index contributed by atoms with van der Waals surface area (Å²) in [6.07, 6.45) is 0.185. The Balaban J connectivity index is 2.10. The second-order valence-corrected chi connectivity index (χ2v) is 5.35. The molecule has 0 aromatic heterocycles. The molecule has 0 fully saturated rings. The van der Waals surface area contributed by atoms with Crippen molar-refractivity contribution >= 4 is 11.6 Å². The number of ether oxygens (including phenoxy) is 1. The zero-order valence-electron chi connectivity index (χ0n) is 13.6. The standard InChI is InChI=1S/C19H20N2O2/c1-4-16-9-5-7-13(2)18(16)21-19(22)14(3)23-17-10-6-8-15(11-17)12-20/h5-11,14H,4H2,1-3H3,(H,21,22). The fourth-order valence-corrected chi connectivity index (χ4v) is 2.32. The summed E-state index contributed by atoms with van der Waals surface area (Å²) >= 11 is 0. The molecule has 2 rings (SSSR count). The van der Waals surface area contributed by atoms with Gasteiger partial charge in [0.2, 0.25) is 0 Å². The van der Waals surface area contributed by atoms with Crippen molar-refractivity contribution in [3.05, 3.63) is 59.2 Å². The number of carbonyl (C=O) groups excluding carboxylic acids is 1. The number of hydrogen-bond donors (Lipinski definition) is 1. The van der Waals surface area contributed by atoms with Gasteiger partial charge in [0.15, 0.2) is 6.10 Å². The lowest BCUT2D eigenvalue weighted by atomic mass is 10.1. The number of rotatable bonds is 5. The van der Waals surface area contributed by atoms with Crippen molar-refractivity contribution in [2.75, 3.05) is 5.32 Å². The van der Waals surface area contributed by atoms with E-state index in [1.807, 2.05) is 25.1 Å². The molecule has 0 saturated carbocycles. The summed E-state index contributed by atoms with van der Waals surface area (Å²) in [5.41, 5.74) is 3.47. The SMILES string of the molecule is CCc1cccc(C)c1NC(=O)C(C)Oc1cccc(C#N)c1. The van der Waals surface area contributed by atoms with Crippen LogP contribution in [0, 0.1) is 18.3 Å². The van der Waals surface area contributed by atoms with E-state index in [-0.39, 0.29) is 5.91 Å². The maximum absolute atomic E-state index is 12.4. The minimum Gasteiger partial charge on any atom is -0.481 e. The fraction of sp³-hybridized carbons (Fsp3) is 0.263. The zero-order chi connectivity index (χ0) is 16.8. The number of nitrogens with zero attached hydrogens (tertiary/aromatic N) is 1. The van der Waals surface area contributed by atoms with Crippen LogP contribution in [0.1, 0.15) is 30.5 Å². The van der Waals surface area contributed by atoms with Crippen LogP contribution in [0.25, 0.3) is 0 Å². The Bertz CT molecular complexity index is 747. The summed E-state index contributed by atoms with van der Waals surface area (Å²) in [4.78, 5) is 12.4. The number of benzene rings is 2. The number of para-hydroxylation sites is 1. The molecule has 2 aromatic rings. The topological polar surface area (TPSA) is 62.1 Å². The highest BCUT2D eigenvalue weighted by atomic mass is 16.5. The third kappa shape index (κ3) is 4.10. The maximum Gasteiger partial charge on any atom is 0.265 e. The Morgan fingerprint density at radius 3 is 2.74 bits per heavy atom. The van der Waals surface area contributed by atoms with Gasteiger partial charge < -0.3 is 10.1 Å². The molecule has 0 spiro atoms. The van der Waals surface area contributed by atoms with Crippen molar-refractivity contribution < 1.29 is 9.53 Å². The molecular formula is C19H20N2O2. The highest BCUT2D eigenvalue weighted by Crippen LogP contribution is 2.22. The molecule has 2 aromatic carbocycles. The van der Waals surface area contributed by atoms with Gasteiger partial charge in [0.25, 0.3) is 5.91 Å². The van der Waals surface area contributed by atoms with Gasteiger partial charge in [-0.1, -0.05) is 31.2 Å². The summed E-state index contributed by atoms with van der Waals surface area (Å²) in [5, 5.41) is 11.9. The molecule has 4 heteroatoms. The number of aryl methyl sites for hydroxylation is 2. The second kappa shape index (κ2) is 7.46. The lowest BCUT2D eigenvalue weighted by molar-refractivity contribution is -0.122. The van der Waals surface area contributed by atoms with Gasteiger partial charge in [-0.15, -0.1) is 0 Å². The molecule has 0 aliphatic rings. The normalized spacial score (nSPS) is 11.4. The van der Waals surface area contributed by atoms with Crippen LogP contribution in [0.5, 0.6) is 5.75 Å². The maximum atomic E-state index is 12.4. The first-order chi connectivity index (χ1) is 11.0. The van der Waals surface area contributed by atoms with Crippen LogP contribution >= 0.6 is 0 Å². The predicted molar refractivity (Wildman–Crippen MR) is 90.4 cm³/mol. The third-order valence-electron chi connectivity index (χ3n) is 3.63. The summed E-state index contributed by atoms with van der Waals surface area (Å²) in [7, 11) is 0. The van der Waals surface area contributed by atoms with Crippen molar-refractivity contribution in [1.29, 1.82) is 5.26 Å². The first-order valence-corrected chi connectivity index (χ1v) is 7.61. The summed E-state index contributed by atoms with van der Waals surface area (Å²) < 4.78 is 5.64. The van der Waals surface area contributed by atoms with Gasteiger partial charge in [0, 0.05) is 5.69 Å². The molecule has 1 N–H and O–H groups in total. The number of amides is 1. The van der Waals surface area contributed by atoms with E-state index in [1.54, 1.807) is 31.2 Å². The van der Waals surface area contributed by atoms with Gasteiger partial charge in [-0.3, -0.25) is 4.79 Å². The van der Waals surface area contributed by atoms with Crippen LogP contribution in [0.4, 0.5) is 5.69 Å². The lowest BCUT2D eigenvalue weighted by Crippen LogP contribution is -2.30. The molecule has 1 amide bonds. The molecular weight excluding hydrogens is 288 g/mol. The predicted octanol–water partition coefficient (Wildman–Crippen LogP) is 3.84. The number of nitrogens with one attached hydrogen (secondary N) is 1. The first-order valence-electron chi connectivity index (χ1n) is 7.61. The number of carbonyl (C=O) groups is 1. The zero-order valence-corrected chi connectivity index (χ0v) is 13.6. The number of nitriles is 1. The number of anilines is 1. The van der Waals surface area contributed by atoms with Crippen LogP contribution in [-0.4, -0.2) is 12.0 Å². The molecule has 0 radical (unpaired) electrons. The van der Waals surface area contributed by atoms with E-state index >= 15 is 0 Å². The Hall–Kier alpha value is -2.80. The van der Waals surface area contributed by atoms with Crippen LogP contribution in [-0.2, 0) is 11.2 Å². The third-order valence-corrected chi connectivity index (χ3v) is 3.63. The Labute approximate surface area is 136 Å². The number of hydrogen-bond acceptors (Lipinski definition) is 3. The molecule has 1 atom stereocenters. The van der Waals surface area contributed by atoms with Gasteiger partial charge in [0.05, 0.1) is 11.6 Å². The molecule has 0 aliphatic carbocycles. The van der Waals surface area contributed by atoms with E-state index in [4.69, 9.17) is 10.00 Å². The van der Waals surface area contributed by atoms with Crippen LogP contribution in [0.2, 0.25) is 0 Å². The van der Waals surface area contributed by atoms with Crippen LogP contribution in [0.15, 0.2) is 42.5 Å². The highest BCUT2D eigenvalue weighted by Gasteiger charge is 2.17. The van der Waals surface area contributed by atoms with Crippen molar-refractivity contribution in [2.24, 2.45) is 0 Å². The average Bonchev–Trinajstić information content (AvgIpc) is 2.56. The van der Waals surface area contributed by atoms with Gasteiger partial charge in [-0.25, -0.2) is 0 Å². The van der Waals surface area contributed by atoms with E-state index in [1.165, 1.54) is 0 Å². The minimum atomic E-state index is -0.659. The van der Waals surface area contributed by atoms with Crippen molar-refractivity contribution in [3.8, 4) is 11.8 Å². The van der Waals surface area contributed by atoms with Gasteiger partial charge in [-0.05, 0) is 49.6 Å². The molecule has 0 heterocycles. The Morgan fingerprint density at radius 1 is 1.30 bits per heavy atom. The molecule has 0 aliphatic heterocycles. The smallest absolute Gasteiger partial charge is 0.265 e. The fourth-order valence-electron chi connectivity index (χ4n) is 2.32. The average molecular weight is 308 g/mol. The Morgan fingerprint density at radius 2 is 2.04 bits per heavy atom. The van der Waals surface area contributed by atoms with Gasteiger partial charge in [-0.2, -0.15) is 5.26 Å². The van der Waals surface area contributed by atoms with Crippen LogP contribution < -0.4 is 10.1 Å². The van der Waals surface area contributed by atoms with E-state index < -0.39 is 6.10 Å². The molecule has 4 nitrogen and oxygen atoms in total. The van der Waals surface area contributed by atoms with Crippen molar-refractivity contribution in [2.45, 2.75) is 33.3 Å². The van der Waals surface area contributed by atoms with Crippen molar-refractivity contribution in [3.63, 3.8) is 0 Å². The molecule has 118 valence electrons. The highest BCUT2D eigenvalue weighted by molar-refractivity contribution is 5.95. The quantitative estimate of drug-likeness (QED) is 0.913. The van der Waals surface area contributed by atoms with Crippen LogP contribution in [0.3, 0.4) is 0 Å². The Kier molecular flexibility index (Phi) is 5.37. The molecule has 0 bridgehead atoms. The summed E-state index contributed by atoms with van der Waals surface area (Å²) in [6.45, 7) is 5.71. The van der Waals surface area contributed by atoms with E-state index in [9.17, 15) is 4.79 Å². The van der Waals surface area contributed by atoms with E-state index in [2.05, 4.69) is 18.3 Å². The first kappa shape index (κ1) is 16.6. The second-order valence-electron chi connectivity index (χ2n) is 5.35. The minimum absolute atomic E-state index is 0.212. The monoisotopic (exact) mass is 308 g/mol. The molecule has 0 saturated heterocycles. The molecule has 23 heavy (non-hydrogen) atoms. The largest absolute Gasteiger partial charge is 0.481 e. The lowest BCUT2D eigenvalue weighted by Gasteiger charge is -2.17. The van der Waals surface area contributed by atoms with Gasteiger partial charge in [0.1, 0.15) is 5.75 Å². The summed E-state index contributed by atoms with van der Waals surface area (Å²) in [5.74, 6) is 0.295. The van der Waals surface area contributed by atoms with E-state index in [0.29, 0.717) is 11.3 Å². The molecule has 1 unspecified atom stereocenters.